The van der Waals surface area contributed by atoms with Crippen molar-refractivity contribution in [2.45, 2.75) is 24.8 Å². The van der Waals surface area contributed by atoms with Gasteiger partial charge < -0.3 is 15.2 Å². The molecule has 0 aliphatic heterocycles. The van der Waals surface area contributed by atoms with Gasteiger partial charge in [0, 0.05) is 6.07 Å². The number of rotatable bonds is 4. The highest BCUT2D eigenvalue weighted by atomic mass is 16.5. The molecule has 82 valence electrons. The Morgan fingerprint density at radius 1 is 1.33 bits per heavy atom. The second-order valence-electron chi connectivity index (χ2n) is 4.18. The Balaban J connectivity index is 1.92. The average molecular weight is 207 g/mol. The highest BCUT2D eigenvalue weighted by Crippen LogP contribution is 2.30. The lowest BCUT2D eigenvalue weighted by atomic mass is 9.78. The summed E-state index contributed by atoms with van der Waals surface area (Å²) < 4.78 is 10.8. The van der Waals surface area contributed by atoms with Gasteiger partial charge in [-0.3, -0.25) is 0 Å². The summed E-state index contributed by atoms with van der Waals surface area (Å²) in [5.74, 6) is 1.64. The van der Waals surface area contributed by atoms with Crippen LogP contribution in [0.1, 0.15) is 19.3 Å². The lowest BCUT2D eigenvalue weighted by Gasteiger charge is -2.37. The molecule has 0 radical (unpaired) electrons. The van der Waals surface area contributed by atoms with Gasteiger partial charge in [0.25, 0.3) is 0 Å². The fraction of sp³-hybridized carbons (Fsp3) is 0.500. The maximum atomic E-state index is 6.06. The zero-order chi connectivity index (χ0) is 10.7. The lowest BCUT2D eigenvalue weighted by molar-refractivity contribution is 0.142. The minimum Gasteiger partial charge on any atom is -0.497 e. The Morgan fingerprint density at radius 2 is 2.07 bits per heavy atom. The van der Waals surface area contributed by atoms with Crippen molar-refractivity contribution in [1.82, 2.24) is 0 Å². The molecule has 0 heterocycles. The number of hydrogen-bond acceptors (Lipinski definition) is 3. The Labute approximate surface area is 90.2 Å². The molecule has 15 heavy (non-hydrogen) atoms. The summed E-state index contributed by atoms with van der Waals surface area (Å²) in [6, 6.07) is 7.61. The van der Waals surface area contributed by atoms with Crippen LogP contribution in [0, 0.1) is 0 Å². The monoisotopic (exact) mass is 207 g/mol. The van der Waals surface area contributed by atoms with Crippen molar-refractivity contribution >= 4 is 0 Å². The largest absolute Gasteiger partial charge is 0.497 e. The zero-order valence-corrected chi connectivity index (χ0v) is 9.03. The molecule has 1 saturated carbocycles. The molecule has 0 saturated heterocycles. The Kier molecular flexibility index (Phi) is 2.82. The molecule has 1 aliphatic rings. The van der Waals surface area contributed by atoms with Crippen LogP contribution in [0.15, 0.2) is 24.3 Å². The minimum absolute atomic E-state index is 0.0942. The number of benzene rings is 1. The van der Waals surface area contributed by atoms with Crippen molar-refractivity contribution < 1.29 is 9.47 Å². The summed E-state index contributed by atoms with van der Waals surface area (Å²) in [6.45, 7) is 0.597. The van der Waals surface area contributed by atoms with Crippen LogP contribution in [0.4, 0.5) is 0 Å². The summed E-state index contributed by atoms with van der Waals surface area (Å²) in [5.41, 5.74) is 5.97. The van der Waals surface area contributed by atoms with E-state index in [4.69, 9.17) is 15.2 Å². The first kappa shape index (κ1) is 10.3. The highest BCUT2D eigenvalue weighted by Gasteiger charge is 2.33. The van der Waals surface area contributed by atoms with Gasteiger partial charge in [0.15, 0.2) is 0 Å². The van der Waals surface area contributed by atoms with Crippen molar-refractivity contribution in [3.8, 4) is 11.5 Å². The highest BCUT2D eigenvalue weighted by molar-refractivity contribution is 5.32. The maximum absolute atomic E-state index is 6.06. The van der Waals surface area contributed by atoms with Crippen LogP contribution >= 0.6 is 0 Å². The first-order chi connectivity index (χ1) is 7.22. The minimum atomic E-state index is -0.0942. The normalized spacial score (nSPS) is 18.0. The van der Waals surface area contributed by atoms with Crippen molar-refractivity contribution in [3.63, 3.8) is 0 Å². The predicted octanol–water partition coefficient (Wildman–Crippen LogP) is 1.96. The fourth-order valence-corrected chi connectivity index (χ4v) is 1.69. The van der Waals surface area contributed by atoms with Crippen LogP contribution in [0.5, 0.6) is 11.5 Å². The van der Waals surface area contributed by atoms with Gasteiger partial charge in [-0.15, -0.1) is 0 Å². The van der Waals surface area contributed by atoms with Gasteiger partial charge in [-0.1, -0.05) is 6.07 Å². The first-order valence-corrected chi connectivity index (χ1v) is 5.28. The fourth-order valence-electron chi connectivity index (χ4n) is 1.69. The van der Waals surface area contributed by atoms with E-state index in [0.717, 1.165) is 24.3 Å². The van der Waals surface area contributed by atoms with Gasteiger partial charge in [0.05, 0.1) is 12.6 Å². The van der Waals surface area contributed by atoms with E-state index in [9.17, 15) is 0 Å². The van der Waals surface area contributed by atoms with Gasteiger partial charge in [0.2, 0.25) is 0 Å². The second-order valence-corrected chi connectivity index (χ2v) is 4.18. The van der Waals surface area contributed by atoms with E-state index in [0.29, 0.717) is 6.61 Å². The summed E-state index contributed by atoms with van der Waals surface area (Å²) >= 11 is 0. The Morgan fingerprint density at radius 3 is 2.67 bits per heavy atom. The van der Waals surface area contributed by atoms with Crippen LogP contribution in [-0.4, -0.2) is 19.3 Å². The Hall–Kier alpha value is -1.22. The standard InChI is InChI=1S/C12H17NO2/c1-14-10-4-2-5-11(8-10)15-9-12(13)6-3-7-12/h2,4-5,8H,3,6-7,9,13H2,1H3. The molecule has 1 aromatic rings. The third-order valence-electron chi connectivity index (χ3n) is 2.92. The molecule has 1 fully saturated rings. The molecule has 0 bridgehead atoms. The van der Waals surface area contributed by atoms with E-state index in [2.05, 4.69) is 0 Å². The molecule has 0 spiro atoms. The molecule has 2 rings (SSSR count). The number of ether oxygens (including phenoxy) is 2. The third-order valence-corrected chi connectivity index (χ3v) is 2.92. The van der Waals surface area contributed by atoms with Crippen LogP contribution < -0.4 is 15.2 Å². The molecule has 3 nitrogen and oxygen atoms in total. The lowest BCUT2D eigenvalue weighted by Crippen LogP contribution is -2.51. The van der Waals surface area contributed by atoms with Gasteiger partial charge >= 0.3 is 0 Å². The molecule has 0 aromatic heterocycles. The maximum Gasteiger partial charge on any atom is 0.123 e. The van der Waals surface area contributed by atoms with Gasteiger partial charge in [-0.25, -0.2) is 0 Å². The van der Waals surface area contributed by atoms with Crippen LogP contribution in [0.3, 0.4) is 0 Å². The zero-order valence-electron chi connectivity index (χ0n) is 9.03. The summed E-state index contributed by atoms with van der Waals surface area (Å²) in [6.07, 6.45) is 3.35. The Bertz CT molecular complexity index is 334. The predicted molar refractivity (Wildman–Crippen MR) is 59.3 cm³/mol. The molecular formula is C12H17NO2. The van der Waals surface area contributed by atoms with Crippen molar-refractivity contribution in [2.75, 3.05) is 13.7 Å². The summed E-state index contributed by atoms with van der Waals surface area (Å²) in [4.78, 5) is 0. The summed E-state index contributed by atoms with van der Waals surface area (Å²) in [7, 11) is 1.65. The first-order valence-electron chi connectivity index (χ1n) is 5.28. The van der Waals surface area contributed by atoms with E-state index in [-0.39, 0.29) is 5.54 Å². The van der Waals surface area contributed by atoms with E-state index in [1.807, 2.05) is 24.3 Å². The van der Waals surface area contributed by atoms with Crippen LogP contribution in [0.2, 0.25) is 0 Å². The molecule has 0 atom stereocenters. The van der Waals surface area contributed by atoms with Crippen molar-refractivity contribution in [1.29, 1.82) is 0 Å². The number of hydrogen-bond donors (Lipinski definition) is 1. The molecule has 0 amide bonds. The third kappa shape index (κ3) is 2.42. The second kappa shape index (κ2) is 4.11. The van der Waals surface area contributed by atoms with Crippen LogP contribution in [0.25, 0.3) is 0 Å². The van der Waals surface area contributed by atoms with E-state index < -0.39 is 0 Å². The molecule has 3 heteroatoms. The molecule has 0 unspecified atom stereocenters. The molecular weight excluding hydrogens is 190 g/mol. The topological polar surface area (TPSA) is 44.5 Å². The quantitative estimate of drug-likeness (QED) is 0.820. The van der Waals surface area contributed by atoms with Gasteiger partial charge in [-0.2, -0.15) is 0 Å². The molecule has 1 aromatic carbocycles. The van der Waals surface area contributed by atoms with Gasteiger partial charge in [0.1, 0.15) is 18.1 Å². The smallest absolute Gasteiger partial charge is 0.123 e. The van der Waals surface area contributed by atoms with Crippen molar-refractivity contribution in [3.05, 3.63) is 24.3 Å². The molecule has 1 aliphatic carbocycles. The van der Waals surface area contributed by atoms with Crippen LogP contribution in [-0.2, 0) is 0 Å². The summed E-state index contributed by atoms with van der Waals surface area (Å²) in [5, 5.41) is 0. The molecule has 2 N–H and O–H groups in total. The van der Waals surface area contributed by atoms with E-state index in [1.165, 1.54) is 6.42 Å². The SMILES string of the molecule is COc1cccc(OCC2(N)CCC2)c1. The van der Waals surface area contributed by atoms with E-state index >= 15 is 0 Å². The van der Waals surface area contributed by atoms with E-state index in [1.54, 1.807) is 7.11 Å². The number of nitrogens with two attached hydrogens (primary N) is 1. The van der Waals surface area contributed by atoms with Gasteiger partial charge in [-0.05, 0) is 31.4 Å². The average Bonchev–Trinajstić information content (AvgIpc) is 2.24. The van der Waals surface area contributed by atoms with Crippen molar-refractivity contribution in [2.24, 2.45) is 5.73 Å². The number of methoxy groups -OCH3 is 1.